The molecule has 2 nitrogen and oxygen atoms in total. The minimum Gasteiger partial charge on any atom is -0.305 e. The first-order chi connectivity index (χ1) is 25.2. The zero-order valence-corrected chi connectivity index (χ0v) is 31.5. The SMILES string of the molecule is [2H]C([2H])([2H])c1c[c-]c(-c2cc(C([2H])(C)C)c([Si](C)(C)C)cn2)cc1.[2H]C([2H])([2H])c1cc(-c2[c-]ccc3c2sc2cc(F)ccc23)ncc1-c1ccccc1.[Ir]. The molecule has 0 fully saturated rings. The van der Waals surface area contributed by atoms with E-state index in [1.165, 1.54) is 34.7 Å². The molecule has 0 unspecified atom stereocenters. The van der Waals surface area contributed by atoms with Gasteiger partial charge in [-0.25, -0.2) is 4.39 Å². The van der Waals surface area contributed by atoms with Gasteiger partial charge in [0.1, 0.15) is 5.82 Å². The largest absolute Gasteiger partial charge is 0.305 e. The molecule has 0 aliphatic rings. The standard InChI is InChI=1S/C24H15FNS.C18H24NSi.Ir/c1-15-12-22(26-14-21(15)16-6-3-2-4-7-16)20-9-5-8-19-18-11-10-17(25)13-23(18)27-24(19)20;1-13(2)16-11-17(15-9-7-14(3)8-10-15)19-12-18(16)20(4,5)6;/h2-8,10-14H,1H3;7-9,11-13H,1-6H3;/q2*-1;/i1D3;3D3,13D;. The van der Waals surface area contributed by atoms with Crippen molar-refractivity contribution in [2.45, 2.75) is 53.1 Å². The molecule has 0 atom stereocenters. The van der Waals surface area contributed by atoms with E-state index >= 15 is 0 Å². The Hall–Kier alpha value is -3.80. The van der Waals surface area contributed by atoms with Gasteiger partial charge < -0.3 is 9.97 Å². The molecular weight excluding hydrogens is 804 g/mol. The molecular formula is C42H39FIrN2SSi-2. The second kappa shape index (κ2) is 14.8. The Morgan fingerprint density at radius 2 is 1.65 bits per heavy atom. The second-order valence-electron chi connectivity index (χ2n) is 12.7. The number of nitrogens with zero attached hydrogens (tertiary/aromatic N) is 2. The van der Waals surface area contributed by atoms with Crippen molar-refractivity contribution in [3.05, 3.63) is 138 Å². The maximum absolute atomic E-state index is 13.7. The predicted octanol–water partition coefficient (Wildman–Crippen LogP) is 11.6. The molecule has 0 spiro atoms. The summed E-state index contributed by atoms with van der Waals surface area (Å²) in [6.45, 7) is 6.09. The van der Waals surface area contributed by atoms with Crippen LogP contribution in [0.4, 0.5) is 4.39 Å². The molecule has 0 N–H and O–H groups in total. The van der Waals surface area contributed by atoms with Crippen LogP contribution in [0.3, 0.4) is 0 Å². The molecule has 4 aromatic carbocycles. The van der Waals surface area contributed by atoms with E-state index in [1.807, 2.05) is 62.5 Å². The third-order valence-electron chi connectivity index (χ3n) is 7.98. The number of hydrogen-bond donors (Lipinski definition) is 0. The molecule has 0 amide bonds. The molecule has 0 saturated carbocycles. The molecule has 7 rings (SSSR count). The van der Waals surface area contributed by atoms with Crippen LogP contribution in [-0.4, -0.2) is 18.0 Å². The molecule has 6 heteroatoms. The third-order valence-corrected chi connectivity index (χ3v) is 11.2. The summed E-state index contributed by atoms with van der Waals surface area (Å²) in [5.74, 6) is -0.999. The molecule has 3 aromatic heterocycles. The van der Waals surface area contributed by atoms with Crippen LogP contribution in [0.5, 0.6) is 0 Å². The average Bonchev–Trinajstić information content (AvgIpc) is 3.48. The summed E-state index contributed by atoms with van der Waals surface area (Å²) < 4.78 is 70.4. The predicted molar refractivity (Wildman–Crippen MR) is 202 cm³/mol. The molecule has 0 aliphatic heterocycles. The van der Waals surface area contributed by atoms with Crippen molar-refractivity contribution in [2.24, 2.45) is 0 Å². The quantitative estimate of drug-likeness (QED) is 0.127. The normalized spacial score (nSPS) is 14.2. The Labute approximate surface area is 312 Å². The topological polar surface area (TPSA) is 25.8 Å². The molecule has 0 saturated heterocycles. The number of rotatable bonds is 5. The summed E-state index contributed by atoms with van der Waals surface area (Å²) in [6.07, 6.45) is 3.50. The fraction of sp³-hybridized carbons (Fsp3) is 0.190. The van der Waals surface area contributed by atoms with Gasteiger partial charge in [0.15, 0.2) is 0 Å². The van der Waals surface area contributed by atoms with Crippen LogP contribution >= 0.6 is 11.3 Å². The van der Waals surface area contributed by atoms with Crippen molar-refractivity contribution >= 4 is 44.8 Å². The molecule has 3 heterocycles. The number of halogens is 1. The van der Waals surface area contributed by atoms with Crippen molar-refractivity contribution in [3.8, 4) is 33.6 Å². The number of pyridine rings is 2. The van der Waals surface area contributed by atoms with E-state index in [4.69, 9.17) is 9.60 Å². The number of fused-ring (bicyclic) bond motifs is 3. The van der Waals surface area contributed by atoms with Crippen LogP contribution < -0.4 is 5.19 Å². The summed E-state index contributed by atoms with van der Waals surface area (Å²) in [7, 11) is -1.61. The van der Waals surface area contributed by atoms with E-state index in [0.717, 1.165) is 48.1 Å². The van der Waals surface area contributed by atoms with Gasteiger partial charge in [-0.1, -0.05) is 99.8 Å². The second-order valence-corrected chi connectivity index (χ2v) is 18.8. The number of thiophene rings is 1. The van der Waals surface area contributed by atoms with E-state index in [-0.39, 0.29) is 37.0 Å². The van der Waals surface area contributed by atoms with Crippen LogP contribution in [-0.2, 0) is 20.1 Å². The average molecular weight is 850 g/mol. The Bertz CT molecular complexity index is 2450. The Morgan fingerprint density at radius 1 is 0.854 bits per heavy atom. The van der Waals surface area contributed by atoms with Gasteiger partial charge >= 0.3 is 0 Å². The molecule has 245 valence electrons. The number of hydrogen-bond acceptors (Lipinski definition) is 3. The molecule has 48 heavy (non-hydrogen) atoms. The number of aromatic nitrogens is 2. The summed E-state index contributed by atoms with van der Waals surface area (Å²) in [5.41, 5.74) is 5.63. The fourth-order valence-electron chi connectivity index (χ4n) is 5.54. The summed E-state index contributed by atoms with van der Waals surface area (Å²) >= 11 is 1.46. The first-order valence-electron chi connectivity index (χ1n) is 18.8. The zero-order valence-electron chi connectivity index (χ0n) is 34.3. The van der Waals surface area contributed by atoms with Crippen molar-refractivity contribution in [3.63, 3.8) is 0 Å². The van der Waals surface area contributed by atoms with Crippen LogP contribution in [0.15, 0.2) is 103 Å². The number of aryl methyl sites for hydroxylation is 2. The van der Waals surface area contributed by atoms with Crippen molar-refractivity contribution in [1.29, 1.82) is 0 Å². The molecule has 1 radical (unpaired) electrons. The van der Waals surface area contributed by atoms with Crippen molar-refractivity contribution in [2.75, 3.05) is 0 Å². The van der Waals surface area contributed by atoms with E-state index in [0.29, 0.717) is 11.3 Å². The monoisotopic (exact) mass is 850 g/mol. The molecule has 7 aromatic rings. The molecule has 0 aliphatic carbocycles. The van der Waals surface area contributed by atoms with Crippen LogP contribution in [0.25, 0.3) is 53.8 Å². The molecule has 0 bridgehead atoms. The number of benzene rings is 4. The van der Waals surface area contributed by atoms with Gasteiger partial charge in [0.25, 0.3) is 0 Å². The van der Waals surface area contributed by atoms with Gasteiger partial charge in [-0.2, -0.15) is 11.3 Å². The van der Waals surface area contributed by atoms with Gasteiger partial charge in [0, 0.05) is 52.4 Å². The van der Waals surface area contributed by atoms with Gasteiger partial charge in [-0.15, -0.1) is 59.2 Å². The van der Waals surface area contributed by atoms with Gasteiger partial charge in [-0.05, 0) is 62.7 Å². The summed E-state index contributed by atoms with van der Waals surface area (Å²) in [5, 5.41) is 3.13. The minimum absolute atomic E-state index is 0. The van der Waals surface area contributed by atoms with Gasteiger partial charge in [-0.3, -0.25) is 0 Å². The summed E-state index contributed by atoms with van der Waals surface area (Å²) in [6, 6.07) is 32.5. The minimum atomic E-state index is -2.29. The van der Waals surface area contributed by atoms with E-state index < -0.39 is 27.7 Å². The zero-order chi connectivity index (χ0) is 39.2. The first-order valence-corrected chi connectivity index (χ1v) is 19.7. The third kappa shape index (κ3) is 7.58. The van der Waals surface area contributed by atoms with Crippen LogP contribution in [0.1, 0.15) is 46.0 Å². The maximum Gasteiger partial charge on any atom is 0.124 e. The fourth-order valence-corrected chi connectivity index (χ4v) is 8.36. The van der Waals surface area contributed by atoms with Crippen molar-refractivity contribution < 1.29 is 34.1 Å². The Balaban J connectivity index is 0.000000213. The summed E-state index contributed by atoms with van der Waals surface area (Å²) in [4.78, 5) is 9.15. The Kier molecular flexibility index (Phi) is 8.32. The maximum atomic E-state index is 13.7. The Morgan fingerprint density at radius 3 is 2.33 bits per heavy atom. The van der Waals surface area contributed by atoms with Gasteiger partial charge in [0.2, 0.25) is 0 Å². The van der Waals surface area contributed by atoms with E-state index in [1.54, 1.807) is 36.5 Å². The van der Waals surface area contributed by atoms with Gasteiger partial charge in [0.05, 0.1) is 8.07 Å². The smallest absolute Gasteiger partial charge is 0.124 e. The van der Waals surface area contributed by atoms with Crippen molar-refractivity contribution in [1.82, 2.24) is 9.97 Å². The van der Waals surface area contributed by atoms with Crippen LogP contribution in [0, 0.1) is 31.7 Å². The first kappa shape index (κ1) is 27.1. The van der Waals surface area contributed by atoms with E-state index in [2.05, 4.69) is 41.7 Å². The van der Waals surface area contributed by atoms with Crippen LogP contribution in [0.2, 0.25) is 19.6 Å². The van der Waals surface area contributed by atoms with E-state index in [9.17, 15) is 4.39 Å².